The number of aliphatic hydroxyl groups is 1. The molecule has 2 unspecified atom stereocenters. The van der Waals surface area contributed by atoms with E-state index in [1.54, 1.807) is 6.07 Å². The van der Waals surface area contributed by atoms with Gasteiger partial charge in [0.15, 0.2) is 0 Å². The lowest BCUT2D eigenvalue weighted by atomic mass is 9.93. The molecular formula is C11H11FO3. The van der Waals surface area contributed by atoms with E-state index in [9.17, 15) is 9.18 Å². The van der Waals surface area contributed by atoms with Gasteiger partial charge in [-0.1, -0.05) is 12.1 Å². The zero-order valence-electron chi connectivity index (χ0n) is 7.98. The molecule has 80 valence electrons. The van der Waals surface area contributed by atoms with Gasteiger partial charge in [-0.25, -0.2) is 4.39 Å². The van der Waals surface area contributed by atoms with Gasteiger partial charge in [0.2, 0.25) is 0 Å². The fraction of sp³-hybridized carbons (Fsp3) is 0.364. The van der Waals surface area contributed by atoms with E-state index in [1.807, 2.05) is 0 Å². The van der Waals surface area contributed by atoms with Crippen LogP contribution in [0.4, 0.5) is 4.39 Å². The monoisotopic (exact) mass is 210 g/mol. The van der Waals surface area contributed by atoms with E-state index in [0.29, 0.717) is 12.0 Å². The Hall–Kier alpha value is -1.42. The number of carboxylic acid groups (broad SMARTS) is 1. The van der Waals surface area contributed by atoms with Crippen LogP contribution in [0, 0.1) is 11.7 Å². The summed E-state index contributed by atoms with van der Waals surface area (Å²) < 4.78 is 13.0. The Kier molecular flexibility index (Phi) is 2.23. The van der Waals surface area contributed by atoms with E-state index < -0.39 is 17.2 Å². The molecule has 0 aliphatic heterocycles. The average Bonchev–Trinajstić information content (AvgIpc) is 2.93. The molecule has 1 aliphatic rings. The van der Waals surface area contributed by atoms with Crippen molar-refractivity contribution in [3.05, 3.63) is 35.6 Å². The van der Waals surface area contributed by atoms with Crippen LogP contribution in [0.5, 0.6) is 0 Å². The highest BCUT2D eigenvalue weighted by atomic mass is 19.1. The average molecular weight is 210 g/mol. The maximum Gasteiger partial charge on any atom is 0.314 e. The number of halogens is 1. The molecule has 0 aromatic heterocycles. The van der Waals surface area contributed by atoms with Gasteiger partial charge < -0.3 is 10.2 Å². The van der Waals surface area contributed by atoms with Gasteiger partial charge in [-0.15, -0.1) is 0 Å². The van der Waals surface area contributed by atoms with E-state index in [4.69, 9.17) is 10.2 Å². The Morgan fingerprint density at radius 3 is 2.80 bits per heavy atom. The quantitative estimate of drug-likeness (QED) is 0.787. The summed E-state index contributed by atoms with van der Waals surface area (Å²) in [6, 6.07) is 5.58. The van der Waals surface area contributed by atoms with Crippen molar-refractivity contribution in [3.63, 3.8) is 0 Å². The first-order valence-corrected chi connectivity index (χ1v) is 4.71. The lowest BCUT2D eigenvalue weighted by Crippen LogP contribution is -2.23. The van der Waals surface area contributed by atoms with Crippen LogP contribution < -0.4 is 0 Å². The molecule has 1 aromatic carbocycles. The number of hydrogen-bond acceptors (Lipinski definition) is 2. The van der Waals surface area contributed by atoms with Gasteiger partial charge in [-0.3, -0.25) is 4.79 Å². The molecule has 2 rings (SSSR count). The molecule has 4 heteroatoms. The molecule has 15 heavy (non-hydrogen) atoms. The second-order valence-corrected chi connectivity index (χ2v) is 3.87. The Labute approximate surface area is 86.2 Å². The van der Waals surface area contributed by atoms with Crippen LogP contribution in [0.1, 0.15) is 12.0 Å². The van der Waals surface area contributed by atoms with Crippen LogP contribution in [-0.2, 0) is 10.2 Å². The summed E-state index contributed by atoms with van der Waals surface area (Å²) in [5.74, 6) is -1.74. The van der Waals surface area contributed by atoms with Gasteiger partial charge >= 0.3 is 5.97 Å². The SMILES string of the molecule is O=C(O)C1(c2cccc(F)c2)CC1CO. The first kappa shape index (κ1) is 10.1. The third-order valence-corrected chi connectivity index (χ3v) is 3.05. The zero-order chi connectivity index (χ0) is 11.1. The molecule has 2 N–H and O–H groups in total. The number of hydrogen-bond donors (Lipinski definition) is 2. The molecule has 3 nitrogen and oxygen atoms in total. The molecule has 1 saturated carbocycles. The maximum absolute atomic E-state index is 13.0. The number of aliphatic hydroxyl groups excluding tert-OH is 1. The Balaban J connectivity index is 2.40. The predicted octanol–water partition coefficient (Wildman–Crippen LogP) is 1.16. The van der Waals surface area contributed by atoms with Gasteiger partial charge in [-0.2, -0.15) is 0 Å². The third kappa shape index (κ3) is 1.41. The van der Waals surface area contributed by atoms with Crippen molar-refractivity contribution in [1.82, 2.24) is 0 Å². The highest BCUT2D eigenvalue weighted by Gasteiger charge is 2.61. The van der Waals surface area contributed by atoms with Crippen molar-refractivity contribution in [3.8, 4) is 0 Å². The van der Waals surface area contributed by atoms with E-state index in [1.165, 1.54) is 18.2 Å². The zero-order valence-corrected chi connectivity index (χ0v) is 7.98. The van der Waals surface area contributed by atoms with Crippen LogP contribution in [0.2, 0.25) is 0 Å². The molecule has 0 bridgehead atoms. The van der Waals surface area contributed by atoms with Crippen molar-refractivity contribution in [2.75, 3.05) is 6.61 Å². The summed E-state index contributed by atoms with van der Waals surface area (Å²) in [6.07, 6.45) is 0.377. The summed E-state index contributed by atoms with van der Waals surface area (Å²) in [6.45, 7) is -0.178. The van der Waals surface area contributed by atoms with Gasteiger partial charge in [0, 0.05) is 12.5 Å². The molecule has 2 atom stereocenters. The molecule has 1 aromatic rings. The standard InChI is InChI=1S/C11H11FO3/c12-9-3-1-2-7(4-9)11(10(14)15)5-8(11)6-13/h1-4,8,13H,5-6H2,(H,14,15). The Bertz CT molecular complexity index is 405. The molecule has 0 amide bonds. The smallest absolute Gasteiger partial charge is 0.314 e. The largest absolute Gasteiger partial charge is 0.481 e. The van der Waals surface area contributed by atoms with Gasteiger partial charge in [0.25, 0.3) is 0 Å². The number of benzene rings is 1. The van der Waals surface area contributed by atoms with Crippen molar-refractivity contribution in [2.24, 2.45) is 5.92 Å². The van der Waals surface area contributed by atoms with Crippen LogP contribution in [0.15, 0.2) is 24.3 Å². The second-order valence-electron chi connectivity index (χ2n) is 3.87. The summed E-state index contributed by atoms with van der Waals surface area (Å²) in [5.41, 5.74) is -0.634. The fourth-order valence-corrected chi connectivity index (χ4v) is 2.06. The van der Waals surface area contributed by atoms with Crippen molar-refractivity contribution in [1.29, 1.82) is 0 Å². The minimum absolute atomic E-state index is 0.178. The molecule has 0 saturated heterocycles. The summed E-state index contributed by atoms with van der Waals surface area (Å²) in [7, 11) is 0. The third-order valence-electron chi connectivity index (χ3n) is 3.05. The van der Waals surface area contributed by atoms with Crippen LogP contribution in [0.3, 0.4) is 0 Å². The van der Waals surface area contributed by atoms with E-state index in [2.05, 4.69) is 0 Å². The van der Waals surface area contributed by atoms with Crippen molar-refractivity contribution in [2.45, 2.75) is 11.8 Å². The molecule has 0 heterocycles. The highest BCUT2D eigenvalue weighted by molar-refractivity contribution is 5.85. The number of rotatable bonds is 3. The van der Waals surface area contributed by atoms with Gasteiger partial charge in [0.05, 0.1) is 5.41 Å². The normalized spacial score (nSPS) is 28.8. The molecule has 0 spiro atoms. The minimum Gasteiger partial charge on any atom is -0.481 e. The van der Waals surface area contributed by atoms with E-state index in [0.717, 1.165) is 0 Å². The first-order valence-electron chi connectivity index (χ1n) is 4.71. The number of carbonyl (C=O) groups is 1. The van der Waals surface area contributed by atoms with Crippen LogP contribution in [0.25, 0.3) is 0 Å². The minimum atomic E-state index is -1.07. The predicted molar refractivity (Wildman–Crippen MR) is 50.9 cm³/mol. The second kappa shape index (κ2) is 3.31. The lowest BCUT2D eigenvalue weighted by Gasteiger charge is -2.11. The topological polar surface area (TPSA) is 57.5 Å². The Morgan fingerprint density at radius 2 is 2.33 bits per heavy atom. The van der Waals surface area contributed by atoms with Crippen LogP contribution >= 0.6 is 0 Å². The lowest BCUT2D eigenvalue weighted by molar-refractivity contribution is -0.140. The van der Waals surface area contributed by atoms with Crippen molar-refractivity contribution >= 4 is 5.97 Å². The van der Waals surface area contributed by atoms with Gasteiger partial charge in [-0.05, 0) is 24.1 Å². The summed E-state index contributed by atoms with van der Waals surface area (Å²) in [5, 5.41) is 18.1. The van der Waals surface area contributed by atoms with Gasteiger partial charge in [0.1, 0.15) is 5.82 Å². The van der Waals surface area contributed by atoms with E-state index in [-0.39, 0.29) is 12.5 Å². The highest BCUT2D eigenvalue weighted by Crippen LogP contribution is 2.54. The van der Waals surface area contributed by atoms with E-state index >= 15 is 0 Å². The Morgan fingerprint density at radius 1 is 1.60 bits per heavy atom. The molecular weight excluding hydrogens is 199 g/mol. The molecule has 1 aliphatic carbocycles. The molecule has 0 radical (unpaired) electrons. The number of carboxylic acids is 1. The van der Waals surface area contributed by atoms with Crippen molar-refractivity contribution < 1.29 is 19.4 Å². The maximum atomic E-state index is 13.0. The summed E-state index contributed by atoms with van der Waals surface area (Å²) in [4.78, 5) is 11.1. The molecule has 1 fully saturated rings. The van der Waals surface area contributed by atoms with Crippen LogP contribution in [-0.4, -0.2) is 22.8 Å². The first-order chi connectivity index (χ1) is 7.11. The number of aliphatic carboxylic acids is 1. The fourth-order valence-electron chi connectivity index (χ4n) is 2.06. The summed E-state index contributed by atoms with van der Waals surface area (Å²) >= 11 is 0.